The van der Waals surface area contributed by atoms with E-state index in [4.69, 9.17) is 0 Å². The Kier molecular flexibility index (Phi) is 5.04. The van der Waals surface area contributed by atoms with E-state index in [-0.39, 0.29) is 6.03 Å². The second kappa shape index (κ2) is 7.40. The fourth-order valence-corrected chi connectivity index (χ4v) is 3.31. The summed E-state index contributed by atoms with van der Waals surface area (Å²) in [6.45, 7) is 3.77. The second-order valence-electron chi connectivity index (χ2n) is 6.69. The van der Waals surface area contributed by atoms with E-state index in [1.165, 1.54) is 5.56 Å². The molecule has 0 spiro atoms. The van der Waals surface area contributed by atoms with Crippen LogP contribution in [0, 0.1) is 18.3 Å². The van der Waals surface area contributed by atoms with Gasteiger partial charge in [-0.15, -0.1) is 0 Å². The Labute approximate surface area is 149 Å². The zero-order valence-electron chi connectivity index (χ0n) is 14.5. The molecule has 0 saturated carbocycles. The zero-order chi connectivity index (χ0) is 17.7. The smallest absolute Gasteiger partial charge is 0.317 e. The van der Waals surface area contributed by atoms with Crippen molar-refractivity contribution in [2.45, 2.75) is 31.7 Å². The lowest BCUT2D eigenvalue weighted by Crippen LogP contribution is -2.48. The Morgan fingerprint density at radius 1 is 1.12 bits per heavy atom. The molecule has 3 rings (SSSR count). The largest absolute Gasteiger partial charge is 0.334 e. The molecule has 128 valence electrons. The number of aryl methyl sites for hydroxylation is 1. The number of rotatable bonds is 3. The van der Waals surface area contributed by atoms with Gasteiger partial charge in [-0.3, -0.25) is 0 Å². The van der Waals surface area contributed by atoms with Crippen LogP contribution in [0.1, 0.15) is 29.5 Å². The first-order valence-electron chi connectivity index (χ1n) is 8.68. The van der Waals surface area contributed by atoms with Gasteiger partial charge < -0.3 is 10.2 Å². The zero-order valence-corrected chi connectivity index (χ0v) is 14.5. The van der Waals surface area contributed by atoms with E-state index in [2.05, 4.69) is 11.4 Å². The number of hydrogen-bond acceptors (Lipinski definition) is 2. The van der Waals surface area contributed by atoms with Gasteiger partial charge in [0, 0.05) is 19.6 Å². The molecule has 4 nitrogen and oxygen atoms in total. The topological polar surface area (TPSA) is 56.1 Å². The van der Waals surface area contributed by atoms with Crippen molar-refractivity contribution in [2.75, 3.05) is 13.1 Å². The van der Waals surface area contributed by atoms with Gasteiger partial charge in [0.05, 0.1) is 11.5 Å². The monoisotopic (exact) mass is 333 g/mol. The van der Waals surface area contributed by atoms with Crippen LogP contribution in [-0.2, 0) is 12.0 Å². The minimum atomic E-state index is -0.477. The number of nitrogens with one attached hydrogen (secondary N) is 1. The second-order valence-corrected chi connectivity index (χ2v) is 6.69. The fraction of sp³-hybridized carbons (Fsp3) is 0.333. The maximum atomic E-state index is 12.4. The Morgan fingerprint density at radius 3 is 2.36 bits per heavy atom. The number of nitrogens with zero attached hydrogens (tertiary/aromatic N) is 2. The maximum Gasteiger partial charge on any atom is 0.317 e. The number of carbonyl (C=O) groups is 1. The Balaban J connectivity index is 1.57. The average Bonchev–Trinajstić information content (AvgIpc) is 2.68. The van der Waals surface area contributed by atoms with Crippen molar-refractivity contribution in [3.63, 3.8) is 0 Å². The Morgan fingerprint density at radius 2 is 1.76 bits per heavy atom. The van der Waals surface area contributed by atoms with Crippen LogP contribution in [0.25, 0.3) is 0 Å². The summed E-state index contributed by atoms with van der Waals surface area (Å²) in [6, 6.07) is 20.5. The van der Waals surface area contributed by atoms with Crippen LogP contribution in [0.5, 0.6) is 0 Å². The lowest BCUT2D eigenvalue weighted by molar-refractivity contribution is 0.171. The summed E-state index contributed by atoms with van der Waals surface area (Å²) in [5.41, 5.74) is 2.87. The van der Waals surface area contributed by atoms with Gasteiger partial charge in [0.15, 0.2) is 0 Å². The molecule has 1 aliphatic heterocycles. The molecule has 1 aliphatic rings. The fourth-order valence-electron chi connectivity index (χ4n) is 3.31. The third kappa shape index (κ3) is 3.83. The van der Waals surface area contributed by atoms with Crippen LogP contribution in [0.4, 0.5) is 4.79 Å². The van der Waals surface area contributed by atoms with Crippen LogP contribution in [0.15, 0.2) is 54.6 Å². The van der Waals surface area contributed by atoms with Crippen LogP contribution in [0.3, 0.4) is 0 Å². The first-order valence-corrected chi connectivity index (χ1v) is 8.68. The minimum absolute atomic E-state index is 0.0554. The highest BCUT2D eigenvalue weighted by Crippen LogP contribution is 2.34. The van der Waals surface area contributed by atoms with E-state index in [0.717, 1.165) is 11.1 Å². The van der Waals surface area contributed by atoms with E-state index in [1.807, 2.05) is 66.4 Å². The molecule has 1 fully saturated rings. The van der Waals surface area contributed by atoms with E-state index in [1.54, 1.807) is 0 Å². The summed E-state index contributed by atoms with van der Waals surface area (Å²) in [4.78, 5) is 14.2. The van der Waals surface area contributed by atoms with Gasteiger partial charge in [-0.2, -0.15) is 5.26 Å². The lowest BCUT2D eigenvalue weighted by Gasteiger charge is -2.37. The van der Waals surface area contributed by atoms with Gasteiger partial charge in [-0.05, 0) is 30.9 Å². The number of piperidine rings is 1. The van der Waals surface area contributed by atoms with Crippen molar-refractivity contribution in [1.82, 2.24) is 10.2 Å². The first kappa shape index (κ1) is 17.0. The molecule has 0 aliphatic carbocycles. The van der Waals surface area contributed by atoms with Crippen LogP contribution < -0.4 is 5.32 Å². The number of nitriles is 1. The van der Waals surface area contributed by atoms with Crippen molar-refractivity contribution in [3.8, 4) is 6.07 Å². The van der Waals surface area contributed by atoms with Crippen molar-refractivity contribution in [1.29, 1.82) is 5.26 Å². The average molecular weight is 333 g/mol. The lowest BCUT2D eigenvalue weighted by atomic mass is 9.74. The first-order chi connectivity index (χ1) is 12.1. The van der Waals surface area contributed by atoms with Crippen LogP contribution in [0.2, 0.25) is 0 Å². The summed E-state index contributed by atoms with van der Waals surface area (Å²) < 4.78 is 0. The molecular formula is C21H23N3O. The molecule has 0 bridgehead atoms. The normalized spacial score (nSPS) is 16.1. The molecule has 0 unspecified atom stereocenters. The summed E-state index contributed by atoms with van der Waals surface area (Å²) in [7, 11) is 0. The number of amides is 2. The molecule has 4 heteroatoms. The standard InChI is InChI=1S/C21H23N3O/c1-17-7-9-18(10-8-17)15-23-20(25)24-13-11-21(16-22,12-14-24)19-5-3-2-4-6-19/h2-10H,11-15H2,1H3,(H,23,25). The molecule has 1 saturated heterocycles. The summed E-state index contributed by atoms with van der Waals surface area (Å²) >= 11 is 0. The molecular weight excluding hydrogens is 310 g/mol. The summed E-state index contributed by atoms with van der Waals surface area (Å²) in [5.74, 6) is 0. The Hall–Kier alpha value is -2.80. The Bertz CT molecular complexity index is 754. The van der Waals surface area contributed by atoms with Gasteiger partial charge in [-0.25, -0.2) is 4.79 Å². The maximum absolute atomic E-state index is 12.4. The molecule has 1 N–H and O–H groups in total. The highest BCUT2D eigenvalue weighted by molar-refractivity contribution is 5.74. The van der Waals surface area contributed by atoms with Gasteiger partial charge in [0.1, 0.15) is 0 Å². The SMILES string of the molecule is Cc1ccc(CNC(=O)N2CCC(C#N)(c3ccccc3)CC2)cc1. The van der Waals surface area contributed by atoms with E-state index >= 15 is 0 Å². The van der Waals surface area contributed by atoms with Crippen molar-refractivity contribution in [2.24, 2.45) is 0 Å². The molecule has 2 aromatic rings. The molecule has 1 heterocycles. The highest BCUT2D eigenvalue weighted by atomic mass is 16.2. The summed E-state index contributed by atoms with van der Waals surface area (Å²) in [5, 5.41) is 12.7. The number of urea groups is 1. The number of hydrogen-bond donors (Lipinski definition) is 1. The predicted octanol–water partition coefficient (Wildman–Crippen LogP) is 3.76. The van der Waals surface area contributed by atoms with E-state index in [0.29, 0.717) is 32.5 Å². The molecule has 0 aromatic heterocycles. The molecule has 25 heavy (non-hydrogen) atoms. The van der Waals surface area contributed by atoms with Gasteiger partial charge in [-0.1, -0.05) is 60.2 Å². The number of likely N-dealkylation sites (tertiary alicyclic amines) is 1. The van der Waals surface area contributed by atoms with Gasteiger partial charge in [0.2, 0.25) is 0 Å². The van der Waals surface area contributed by atoms with Crippen molar-refractivity contribution >= 4 is 6.03 Å². The number of carbonyl (C=O) groups excluding carboxylic acids is 1. The van der Waals surface area contributed by atoms with Gasteiger partial charge in [0.25, 0.3) is 0 Å². The highest BCUT2D eigenvalue weighted by Gasteiger charge is 2.37. The van der Waals surface area contributed by atoms with Crippen LogP contribution in [-0.4, -0.2) is 24.0 Å². The predicted molar refractivity (Wildman–Crippen MR) is 98.0 cm³/mol. The quantitative estimate of drug-likeness (QED) is 0.930. The number of benzene rings is 2. The summed E-state index contributed by atoms with van der Waals surface area (Å²) in [6.07, 6.45) is 1.34. The third-order valence-electron chi connectivity index (χ3n) is 5.01. The van der Waals surface area contributed by atoms with Gasteiger partial charge >= 0.3 is 6.03 Å². The minimum Gasteiger partial charge on any atom is -0.334 e. The molecule has 2 amide bonds. The third-order valence-corrected chi connectivity index (χ3v) is 5.01. The van der Waals surface area contributed by atoms with Crippen molar-refractivity contribution in [3.05, 3.63) is 71.3 Å². The molecule has 0 atom stereocenters. The van der Waals surface area contributed by atoms with Crippen LogP contribution >= 0.6 is 0 Å². The molecule has 0 radical (unpaired) electrons. The molecule has 2 aromatic carbocycles. The van der Waals surface area contributed by atoms with E-state index in [9.17, 15) is 10.1 Å². The van der Waals surface area contributed by atoms with E-state index < -0.39 is 5.41 Å². The van der Waals surface area contributed by atoms with Crippen molar-refractivity contribution < 1.29 is 4.79 Å².